The number of allylic oxidation sites excluding steroid dienone is 1. The minimum Gasteiger partial charge on any atom is -0.349 e. The lowest BCUT2D eigenvalue weighted by atomic mass is 10.1. The van der Waals surface area contributed by atoms with Crippen LogP contribution in [0.15, 0.2) is 40.4 Å². The molecule has 1 aromatic carbocycles. The third-order valence-electron chi connectivity index (χ3n) is 5.41. The highest BCUT2D eigenvalue weighted by Gasteiger charge is 2.21. The van der Waals surface area contributed by atoms with Gasteiger partial charge in [0, 0.05) is 25.3 Å². The molecule has 2 aromatic heterocycles. The molecule has 2 heterocycles. The maximum absolute atomic E-state index is 13.1. The van der Waals surface area contributed by atoms with Crippen LogP contribution in [0.25, 0.3) is 10.3 Å². The first-order chi connectivity index (χ1) is 15.4. The van der Waals surface area contributed by atoms with Crippen LogP contribution in [0.4, 0.5) is 10.8 Å². The molecule has 0 fully saturated rings. The second-order valence-electron chi connectivity index (χ2n) is 7.41. The molecule has 0 bridgehead atoms. The number of rotatable bonds is 9. The van der Waals surface area contributed by atoms with Crippen molar-refractivity contribution in [3.63, 3.8) is 0 Å². The molecule has 1 amide bonds. The van der Waals surface area contributed by atoms with Crippen molar-refractivity contribution in [2.24, 2.45) is 0 Å². The minimum atomic E-state index is -0.575. The molecule has 8 nitrogen and oxygen atoms in total. The van der Waals surface area contributed by atoms with E-state index in [-0.39, 0.29) is 24.6 Å². The first-order valence-electron chi connectivity index (χ1n) is 10.7. The highest BCUT2D eigenvalue weighted by atomic mass is 32.1. The van der Waals surface area contributed by atoms with E-state index in [2.05, 4.69) is 16.9 Å². The zero-order valence-corrected chi connectivity index (χ0v) is 19.8. The number of carbonyl (C=O) groups excluding carboxylic acids is 1. The molecule has 3 aromatic rings. The molecule has 0 saturated carbocycles. The van der Waals surface area contributed by atoms with E-state index in [0.717, 1.165) is 40.9 Å². The van der Waals surface area contributed by atoms with Crippen LogP contribution in [0.5, 0.6) is 0 Å². The van der Waals surface area contributed by atoms with E-state index in [1.807, 2.05) is 50.8 Å². The fraction of sp³-hybridized carbons (Fsp3) is 0.391. The van der Waals surface area contributed by atoms with Crippen LogP contribution in [0, 0.1) is 6.92 Å². The fourth-order valence-electron chi connectivity index (χ4n) is 3.66. The highest BCUT2D eigenvalue weighted by molar-refractivity contribution is 7.22. The van der Waals surface area contributed by atoms with Crippen molar-refractivity contribution in [3.05, 3.63) is 62.8 Å². The summed E-state index contributed by atoms with van der Waals surface area (Å²) in [6.07, 6.45) is 2.26. The number of aryl methyl sites for hydroxylation is 2. The maximum atomic E-state index is 13.1. The Labute approximate surface area is 190 Å². The quantitative estimate of drug-likeness (QED) is 0.501. The zero-order valence-electron chi connectivity index (χ0n) is 19.0. The third-order valence-corrected chi connectivity index (χ3v) is 6.50. The van der Waals surface area contributed by atoms with Gasteiger partial charge in [-0.1, -0.05) is 42.5 Å². The minimum absolute atomic E-state index is 0.0610. The van der Waals surface area contributed by atoms with Crippen LogP contribution in [0.1, 0.15) is 31.9 Å². The van der Waals surface area contributed by atoms with E-state index in [1.165, 1.54) is 22.0 Å². The number of nitrogens with zero attached hydrogens (tertiary/aromatic N) is 4. The van der Waals surface area contributed by atoms with Crippen molar-refractivity contribution in [2.45, 2.75) is 47.2 Å². The summed E-state index contributed by atoms with van der Waals surface area (Å²) < 4.78 is 2.73. The summed E-state index contributed by atoms with van der Waals surface area (Å²) in [7, 11) is 0. The zero-order chi connectivity index (χ0) is 23.4. The van der Waals surface area contributed by atoms with Gasteiger partial charge in [-0.15, -0.1) is 6.58 Å². The number of amides is 1. The van der Waals surface area contributed by atoms with Gasteiger partial charge in [-0.2, -0.15) is 0 Å². The van der Waals surface area contributed by atoms with E-state index in [0.29, 0.717) is 9.83 Å². The lowest BCUT2D eigenvalue weighted by Crippen LogP contribution is -2.41. The van der Waals surface area contributed by atoms with Crippen molar-refractivity contribution in [2.75, 3.05) is 23.3 Å². The van der Waals surface area contributed by atoms with Gasteiger partial charge in [0.1, 0.15) is 11.2 Å². The average molecular weight is 456 g/mol. The first kappa shape index (κ1) is 23.5. The van der Waals surface area contributed by atoms with Crippen molar-refractivity contribution in [1.29, 1.82) is 0 Å². The Kier molecular flexibility index (Phi) is 7.29. The van der Waals surface area contributed by atoms with Crippen LogP contribution >= 0.6 is 11.3 Å². The molecule has 0 spiro atoms. The molecule has 3 rings (SSSR count). The summed E-state index contributed by atoms with van der Waals surface area (Å²) >= 11 is 1.24. The van der Waals surface area contributed by atoms with Gasteiger partial charge < -0.3 is 10.2 Å². The third kappa shape index (κ3) is 4.38. The number of carbonyl (C=O) groups is 1. The van der Waals surface area contributed by atoms with E-state index < -0.39 is 11.2 Å². The summed E-state index contributed by atoms with van der Waals surface area (Å²) in [5.41, 5.74) is 1.97. The number of fused-ring (bicyclic) bond motifs is 1. The van der Waals surface area contributed by atoms with E-state index in [9.17, 15) is 14.4 Å². The summed E-state index contributed by atoms with van der Waals surface area (Å²) in [5, 5.41) is 3.60. The van der Waals surface area contributed by atoms with Gasteiger partial charge in [-0.3, -0.25) is 18.7 Å². The van der Waals surface area contributed by atoms with Crippen molar-refractivity contribution >= 4 is 38.4 Å². The molecule has 0 atom stereocenters. The summed E-state index contributed by atoms with van der Waals surface area (Å²) in [4.78, 5) is 45.7. The second kappa shape index (κ2) is 9.95. The highest BCUT2D eigenvalue weighted by Crippen LogP contribution is 2.26. The SMILES string of the molecule is C=CCn1c(=O)c2sc(N(CC)CC)nc2n(CC(=O)Nc2c(C)cccc2CC)c1=O. The molecule has 0 aliphatic rings. The van der Waals surface area contributed by atoms with E-state index in [1.54, 1.807) is 0 Å². The molecular weight excluding hydrogens is 426 g/mol. The summed E-state index contributed by atoms with van der Waals surface area (Å²) in [5.74, 6) is -0.349. The number of nitrogens with one attached hydrogen (secondary N) is 1. The number of aromatic nitrogens is 3. The number of anilines is 2. The van der Waals surface area contributed by atoms with Crippen LogP contribution in [0.3, 0.4) is 0 Å². The molecule has 1 N–H and O–H groups in total. The molecule has 0 radical (unpaired) electrons. The molecule has 32 heavy (non-hydrogen) atoms. The maximum Gasteiger partial charge on any atom is 0.333 e. The Balaban J connectivity index is 2.10. The number of hydrogen-bond acceptors (Lipinski definition) is 6. The largest absolute Gasteiger partial charge is 0.349 e. The van der Waals surface area contributed by atoms with E-state index >= 15 is 0 Å². The van der Waals surface area contributed by atoms with E-state index in [4.69, 9.17) is 0 Å². The van der Waals surface area contributed by atoms with Gasteiger partial charge in [-0.05, 0) is 38.3 Å². The molecule has 0 aliphatic carbocycles. The van der Waals surface area contributed by atoms with Crippen LogP contribution in [0.2, 0.25) is 0 Å². The molecule has 9 heteroatoms. The summed E-state index contributed by atoms with van der Waals surface area (Å²) in [6, 6.07) is 5.85. The van der Waals surface area contributed by atoms with Crippen LogP contribution in [-0.2, 0) is 24.3 Å². The molecule has 0 aliphatic heterocycles. The summed E-state index contributed by atoms with van der Waals surface area (Å²) in [6.45, 7) is 12.8. The lowest BCUT2D eigenvalue weighted by Gasteiger charge is -2.16. The Morgan fingerprint density at radius 3 is 2.56 bits per heavy atom. The molecule has 0 unspecified atom stereocenters. The lowest BCUT2D eigenvalue weighted by molar-refractivity contribution is -0.116. The number of hydrogen-bond donors (Lipinski definition) is 1. The molecular formula is C23H29N5O3S. The number of benzene rings is 1. The normalized spacial score (nSPS) is 11.0. The predicted molar refractivity (Wildman–Crippen MR) is 131 cm³/mol. The fourth-order valence-corrected chi connectivity index (χ4v) is 4.80. The Bertz CT molecular complexity index is 1270. The Morgan fingerprint density at radius 2 is 1.94 bits per heavy atom. The first-order valence-corrected chi connectivity index (χ1v) is 11.6. The van der Waals surface area contributed by atoms with Crippen LogP contribution in [-0.4, -0.2) is 33.1 Å². The van der Waals surface area contributed by atoms with Crippen LogP contribution < -0.4 is 21.5 Å². The molecule has 0 saturated heterocycles. The van der Waals surface area contributed by atoms with Gasteiger partial charge in [0.15, 0.2) is 10.8 Å². The predicted octanol–water partition coefficient (Wildman–Crippen LogP) is 3.16. The second-order valence-corrected chi connectivity index (χ2v) is 8.38. The number of para-hydroxylation sites is 1. The van der Waals surface area contributed by atoms with Gasteiger partial charge in [0.05, 0.1) is 0 Å². The Hall–Kier alpha value is -3.20. The average Bonchev–Trinajstić information content (AvgIpc) is 3.21. The van der Waals surface area contributed by atoms with Gasteiger partial charge in [-0.25, -0.2) is 9.78 Å². The van der Waals surface area contributed by atoms with Gasteiger partial charge in [0.2, 0.25) is 5.91 Å². The monoisotopic (exact) mass is 455 g/mol. The smallest absolute Gasteiger partial charge is 0.333 e. The van der Waals surface area contributed by atoms with Gasteiger partial charge in [0.25, 0.3) is 5.56 Å². The Morgan fingerprint density at radius 1 is 1.22 bits per heavy atom. The van der Waals surface area contributed by atoms with Crippen molar-refractivity contribution < 1.29 is 4.79 Å². The van der Waals surface area contributed by atoms with Crippen molar-refractivity contribution in [3.8, 4) is 0 Å². The topological polar surface area (TPSA) is 89.2 Å². The van der Waals surface area contributed by atoms with Crippen molar-refractivity contribution in [1.82, 2.24) is 14.1 Å². The standard InChI is InChI=1S/C23H29N5O3S/c1-6-13-27-21(30)19-20(25-22(32-19)26(8-3)9-4)28(23(27)31)14-17(29)24-18-15(5)11-10-12-16(18)7-2/h6,10-12H,1,7-9,13-14H2,2-5H3,(H,24,29). The number of thiazole rings is 1. The molecule has 170 valence electrons. The van der Waals surface area contributed by atoms with Gasteiger partial charge >= 0.3 is 5.69 Å².